The van der Waals surface area contributed by atoms with Gasteiger partial charge in [-0.1, -0.05) is 18.5 Å². The minimum atomic E-state index is -5.53. The molecule has 0 saturated heterocycles. The van der Waals surface area contributed by atoms with Crippen molar-refractivity contribution in [1.82, 2.24) is 9.62 Å². The van der Waals surface area contributed by atoms with E-state index in [0.717, 1.165) is 7.11 Å². The Hall–Kier alpha value is -1.56. The largest absolute Gasteiger partial charge is 0.511 e. The number of halogens is 4. The van der Waals surface area contributed by atoms with Crippen LogP contribution in [0.4, 0.5) is 13.2 Å². The summed E-state index contributed by atoms with van der Waals surface area (Å²) in [4.78, 5) is 11.3. The number of nitrogens with one attached hydrogen (secondary N) is 1. The van der Waals surface area contributed by atoms with Gasteiger partial charge in [0.2, 0.25) is 5.91 Å². The number of hydrogen-bond acceptors (Lipinski definition) is 5. The van der Waals surface area contributed by atoms with E-state index < -0.39 is 28.8 Å². The molecule has 0 radical (unpaired) electrons. The molecule has 7 nitrogen and oxygen atoms in total. The number of carbonyl (C=O) groups is 1. The van der Waals surface area contributed by atoms with Crippen molar-refractivity contribution >= 4 is 27.5 Å². The highest BCUT2D eigenvalue weighted by Gasteiger charge is 2.49. The van der Waals surface area contributed by atoms with Crippen LogP contribution in [0.1, 0.15) is 18.9 Å². The number of rotatable bonds is 10. The number of nitrogens with zero attached hydrogens (tertiary/aromatic N) is 1. The van der Waals surface area contributed by atoms with E-state index in [4.69, 9.17) is 16.3 Å². The molecule has 27 heavy (non-hydrogen) atoms. The van der Waals surface area contributed by atoms with Crippen molar-refractivity contribution in [2.45, 2.75) is 25.4 Å². The number of amides is 1. The molecule has 12 heteroatoms. The Morgan fingerprint density at radius 3 is 2.56 bits per heavy atom. The van der Waals surface area contributed by atoms with Gasteiger partial charge in [0.25, 0.3) is 0 Å². The Kier molecular flexibility index (Phi) is 8.79. The standard InChI is InChI=1S/C15H20ClF3N2O5S/c1-3-14(22)20-9-11-8-12(4-5-13(11)16)26-7-6-21(10-25-2)27(23,24)15(17,18)19/h4-5,8H,3,6-7,9-10H2,1-2H3,(H,20,22). The van der Waals surface area contributed by atoms with Crippen LogP contribution in [0.2, 0.25) is 5.02 Å². The fourth-order valence-corrected chi connectivity index (χ4v) is 2.94. The van der Waals surface area contributed by atoms with Crippen LogP contribution in [0.25, 0.3) is 0 Å². The van der Waals surface area contributed by atoms with Crippen molar-refractivity contribution in [1.29, 1.82) is 0 Å². The average molecular weight is 433 g/mol. The van der Waals surface area contributed by atoms with Crippen LogP contribution >= 0.6 is 11.6 Å². The summed E-state index contributed by atoms with van der Waals surface area (Å²) in [6.45, 7) is 0.166. The first kappa shape index (κ1) is 23.5. The molecule has 0 spiro atoms. The van der Waals surface area contributed by atoms with Gasteiger partial charge in [-0.3, -0.25) is 4.79 Å². The Morgan fingerprint density at radius 2 is 2.00 bits per heavy atom. The lowest BCUT2D eigenvalue weighted by Gasteiger charge is -2.22. The topological polar surface area (TPSA) is 84.9 Å². The van der Waals surface area contributed by atoms with E-state index in [2.05, 4.69) is 10.1 Å². The van der Waals surface area contributed by atoms with Crippen molar-refractivity contribution in [3.63, 3.8) is 0 Å². The third kappa shape index (κ3) is 6.83. The van der Waals surface area contributed by atoms with E-state index in [9.17, 15) is 26.4 Å². The first-order chi connectivity index (χ1) is 12.5. The van der Waals surface area contributed by atoms with Gasteiger partial charge in [-0.2, -0.15) is 17.5 Å². The maximum atomic E-state index is 12.7. The van der Waals surface area contributed by atoms with Gasteiger partial charge in [0.15, 0.2) is 0 Å². The summed E-state index contributed by atoms with van der Waals surface area (Å²) < 4.78 is 70.9. The molecule has 0 fully saturated rings. The number of ether oxygens (including phenoxy) is 2. The number of sulfonamides is 1. The molecule has 0 aliphatic carbocycles. The van der Waals surface area contributed by atoms with Gasteiger partial charge < -0.3 is 14.8 Å². The van der Waals surface area contributed by atoms with Crippen LogP contribution in [0, 0.1) is 0 Å². The number of benzene rings is 1. The molecule has 0 saturated carbocycles. The quantitative estimate of drug-likeness (QED) is 0.574. The smallest absolute Gasteiger partial charge is 0.492 e. The molecule has 1 rings (SSSR count). The van der Waals surface area contributed by atoms with E-state index in [-0.39, 0.29) is 29.1 Å². The second kappa shape index (κ2) is 10.1. The molecule has 1 aromatic carbocycles. The van der Waals surface area contributed by atoms with Gasteiger partial charge >= 0.3 is 15.5 Å². The van der Waals surface area contributed by atoms with Crippen LogP contribution in [0.3, 0.4) is 0 Å². The van der Waals surface area contributed by atoms with Crippen molar-refractivity contribution in [2.75, 3.05) is 27.0 Å². The molecule has 0 aromatic heterocycles. The highest BCUT2D eigenvalue weighted by molar-refractivity contribution is 7.89. The third-order valence-electron chi connectivity index (χ3n) is 3.33. The van der Waals surface area contributed by atoms with Crippen LogP contribution < -0.4 is 10.1 Å². The van der Waals surface area contributed by atoms with Gasteiger partial charge in [0.1, 0.15) is 19.1 Å². The van der Waals surface area contributed by atoms with Crippen molar-refractivity contribution < 1.29 is 35.9 Å². The van der Waals surface area contributed by atoms with Crippen molar-refractivity contribution in [3.05, 3.63) is 28.8 Å². The van der Waals surface area contributed by atoms with Gasteiger partial charge in [-0.25, -0.2) is 8.42 Å². The minimum Gasteiger partial charge on any atom is -0.492 e. The highest BCUT2D eigenvalue weighted by atomic mass is 35.5. The molecular weight excluding hydrogens is 413 g/mol. The number of methoxy groups -OCH3 is 1. The summed E-state index contributed by atoms with van der Waals surface area (Å²) >= 11 is 6.02. The maximum absolute atomic E-state index is 12.7. The van der Waals surface area contributed by atoms with E-state index in [1.165, 1.54) is 18.2 Å². The van der Waals surface area contributed by atoms with Crippen LogP contribution in [0.5, 0.6) is 5.75 Å². The SMILES string of the molecule is CCC(=O)NCc1cc(OCCN(COC)S(=O)(=O)C(F)(F)F)ccc1Cl. The molecule has 0 unspecified atom stereocenters. The fraction of sp³-hybridized carbons (Fsp3) is 0.533. The first-order valence-electron chi connectivity index (χ1n) is 7.76. The average Bonchev–Trinajstić information content (AvgIpc) is 2.59. The normalized spacial score (nSPS) is 12.3. The number of alkyl halides is 3. The lowest BCUT2D eigenvalue weighted by Crippen LogP contribution is -2.43. The van der Waals surface area contributed by atoms with Gasteiger partial charge in [-0.05, 0) is 23.8 Å². The van der Waals surface area contributed by atoms with Gasteiger partial charge in [-0.15, -0.1) is 0 Å². The molecule has 1 amide bonds. The first-order valence-corrected chi connectivity index (χ1v) is 9.58. The lowest BCUT2D eigenvalue weighted by molar-refractivity contribution is -0.120. The molecule has 0 aliphatic rings. The molecule has 1 N–H and O–H groups in total. The van der Waals surface area contributed by atoms with Crippen LogP contribution in [-0.2, 0) is 26.1 Å². The zero-order chi connectivity index (χ0) is 20.7. The minimum absolute atomic E-state index is 0.130. The Bertz CT molecular complexity index is 743. The maximum Gasteiger partial charge on any atom is 0.511 e. The van der Waals surface area contributed by atoms with Gasteiger partial charge in [0, 0.05) is 25.1 Å². The lowest BCUT2D eigenvalue weighted by atomic mass is 10.2. The zero-order valence-corrected chi connectivity index (χ0v) is 16.2. The van der Waals surface area contributed by atoms with E-state index in [1.54, 1.807) is 6.92 Å². The molecule has 1 aromatic rings. The Morgan fingerprint density at radius 1 is 1.33 bits per heavy atom. The predicted molar refractivity (Wildman–Crippen MR) is 92.6 cm³/mol. The molecule has 154 valence electrons. The third-order valence-corrected chi connectivity index (χ3v) is 5.25. The molecule has 0 atom stereocenters. The summed E-state index contributed by atoms with van der Waals surface area (Å²) in [5.74, 6) is 0.0897. The van der Waals surface area contributed by atoms with Gasteiger partial charge in [0.05, 0.1) is 6.54 Å². The second-order valence-corrected chi connectivity index (χ2v) is 7.61. The Labute approximate surface area is 160 Å². The van der Waals surface area contributed by atoms with Crippen molar-refractivity contribution in [3.8, 4) is 5.75 Å². The fourth-order valence-electron chi connectivity index (χ4n) is 1.90. The Balaban J connectivity index is 2.75. The molecule has 0 aliphatic heterocycles. The monoisotopic (exact) mass is 432 g/mol. The van der Waals surface area contributed by atoms with Crippen LogP contribution in [-0.4, -0.2) is 51.1 Å². The predicted octanol–water partition coefficient (Wildman–Crippen LogP) is 2.50. The second-order valence-electron chi connectivity index (χ2n) is 5.28. The van der Waals surface area contributed by atoms with E-state index in [1.807, 2.05) is 0 Å². The molecule has 0 heterocycles. The molecule has 0 bridgehead atoms. The van der Waals surface area contributed by atoms with E-state index in [0.29, 0.717) is 17.0 Å². The zero-order valence-electron chi connectivity index (χ0n) is 14.7. The van der Waals surface area contributed by atoms with Crippen LogP contribution in [0.15, 0.2) is 18.2 Å². The van der Waals surface area contributed by atoms with E-state index >= 15 is 0 Å². The number of carbonyl (C=O) groups excluding carboxylic acids is 1. The molecular formula is C15H20ClF3N2O5S. The highest BCUT2D eigenvalue weighted by Crippen LogP contribution is 2.27. The summed E-state index contributed by atoms with van der Waals surface area (Å²) in [5.41, 5.74) is -4.89. The number of hydrogen-bond donors (Lipinski definition) is 1. The summed E-state index contributed by atoms with van der Waals surface area (Å²) in [7, 11) is -4.45. The summed E-state index contributed by atoms with van der Waals surface area (Å²) in [6, 6.07) is 4.49. The van der Waals surface area contributed by atoms with Crippen molar-refractivity contribution in [2.24, 2.45) is 0 Å². The summed E-state index contributed by atoms with van der Waals surface area (Å²) in [5, 5.41) is 3.01. The summed E-state index contributed by atoms with van der Waals surface area (Å²) in [6.07, 6.45) is 0.302.